The molecular weight excluding hydrogens is 442 g/mol. The Hall–Kier alpha value is -4.15. The standard InChI is InChI=1S/C23H19N5O4S/c24-22-21-11-14-31-23(21)26-15-28(22)17-3-1-16(2-4-17)27-33(29,30)20-7-5-18(6-8-20)32-19-9-12-25-13-10-19/h1-15,22,27H,24H2. The van der Waals surface area contributed by atoms with E-state index >= 15 is 0 Å². The number of aliphatic imine (C=N–C) groups is 1. The van der Waals surface area contributed by atoms with Gasteiger partial charge in [0.15, 0.2) is 0 Å². The number of aromatic nitrogens is 1. The molecule has 4 aromatic rings. The average Bonchev–Trinajstić information content (AvgIpc) is 3.31. The number of benzene rings is 2. The van der Waals surface area contributed by atoms with Gasteiger partial charge in [-0.05, 0) is 66.7 Å². The van der Waals surface area contributed by atoms with Crippen LogP contribution in [0.5, 0.6) is 11.5 Å². The Morgan fingerprint density at radius 2 is 1.64 bits per heavy atom. The van der Waals surface area contributed by atoms with Crippen LogP contribution in [0.2, 0.25) is 0 Å². The zero-order chi connectivity index (χ0) is 22.8. The lowest BCUT2D eigenvalue weighted by atomic mass is 10.2. The summed E-state index contributed by atoms with van der Waals surface area (Å²) in [7, 11) is -3.78. The van der Waals surface area contributed by atoms with Crippen molar-refractivity contribution < 1.29 is 17.6 Å². The number of hydrogen-bond donors (Lipinski definition) is 2. The van der Waals surface area contributed by atoms with Crippen molar-refractivity contribution in [3.8, 4) is 11.5 Å². The molecule has 166 valence electrons. The van der Waals surface area contributed by atoms with E-state index in [0.29, 0.717) is 23.1 Å². The van der Waals surface area contributed by atoms with E-state index in [1.807, 2.05) is 0 Å². The van der Waals surface area contributed by atoms with Crippen LogP contribution in [0.25, 0.3) is 0 Å². The molecule has 1 atom stereocenters. The van der Waals surface area contributed by atoms with E-state index in [9.17, 15) is 8.42 Å². The smallest absolute Gasteiger partial charge is 0.261 e. The Labute approximate surface area is 190 Å². The largest absolute Gasteiger partial charge is 0.457 e. The number of sulfonamides is 1. The van der Waals surface area contributed by atoms with Crippen molar-refractivity contribution in [3.05, 3.63) is 91.0 Å². The number of nitrogens with two attached hydrogens (primary N) is 1. The van der Waals surface area contributed by atoms with Gasteiger partial charge in [0.05, 0.1) is 16.7 Å². The fourth-order valence-corrected chi connectivity index (χ4v) is 4.41. The zero-order valence-corrected chi connectivity index (χ0v) is 18.0. The lowest BCUT2D eigenvalue weighted by Gasteiger charge is -2.29. The monoisotopic (exact) mass is 461 g/mol. The molecule has 2 aromatic carbocycles. The van der Waals surface area contributed by atoms with Gasteiger partial charge in [-0.15, -0.1) is 0 Å². The van der Waals surface area contributed by atoms with Crippen LogP contribution >= 0.6 is 0 Å². The first-order valence-corrected chi connectivity index (χ1v) is 11.4. The number of hydrogen-bond acceptors (Lipinski definition) is 8. The van der Waals surface area contributed by atoms with Gasteiger partial charge in [0.2, 0.25) is 5.88 Å². The first-order chi connectivity index (χ1) is 16.0. The third-order valence-electron chi connectivity index (χ3n) is 5.03. The molecule has 0 amide bonds. The number of nitrogens with zero attached hydrogens (tertiary/aromatic N) is 3. The lowest BCUT2D eigenvalue weighted by Crippen LogP contribution is -2.35. The third kappa shape index (κ3) is 4.29. The molecule has 0 spiro atoms. The molecule has 0 saturated heterocycles. The summed E-state index contributed by atoms with van der Waals surface area (Å²) in [6.07, 6.45) is 5.91. The van der Waals surface area contributed by atoms with E-state index in [4.69, 9.17) is 14.9 Å². The topological polar surface area (TPSA) is 123 Å². The van der Waals surface area contributed by atoms with Gasteiger partial charge in [0.1, 0.15) is 24.0 Å². The summed E-state index contributed by atoms with van der Waals surface area (Å²) in [6.45, 7) is 0. The number of furan rings is 1. The summed E-state index contributed by atoms with van der Waals surface area (Å²) in [5.41, 5.74) is 8.25. The number of anilines is 2. The van der Waals surface area contributed by atoms with Crippen LogP contribution < -0.4 is 20.1 Å². The fourth-order valence-electron chi connectivity index (χ4n) is 3.35. The molecule has 0 fully saturated rings. The second-order valence-electron chi connectivity index (χ2n) is 7.19. The Kier molecular flexibility index (Phi) is 5.29. The van der Waals surface area contributed by atoms with Crippen LogP contribution in [0.3, 0.4) is 0 Å². The van der Waals surface area contributed by atoms with Crippen LogP contribution in [-0.2, 0) is 10.0 Å². The van der Waals surface area contributed by atoms with Crippen LogP contribution in [0.1, 0.15) is 11.7 Å². The SMILES string of the molecule is NC1c2ccoc2N=CN1c1ccc(NS(=O)(=O)c2ccc(Oc3ccncc3)cc2)cc1. The quantitative estimate of drug-likeness (QED) is 0.436. The van der Waals surface area contributed by atoms with Crippen LogP contribution in [0.15, 0.2) is 99.7 Å². The predicted molar refractivity (Wildman–Crippen MR) is 124 cm³/mol. The summed E-state index contributed by atoms with van der Waals surface area (Å²) in [6, 6.07) is 18.2. The molecule has 0 bridgehead atoms. The van der Waals surface area contributed by atoms with Crippen molar-refractivity contribution in [2.45, 2.75) is 11.1 Å². The normalized spacial score (nSPS) is 15.2. The number of nitrogens with one attached hydrogen (secondary N) is 1. The van der Waals surface area contributed by atoms with Crippen molar-refractivity contribution >= 4 is 33.6 Å². The van der Waals surface area contributed by atoms with E-state index in [-0.39, 0.29) is 4.90 Å². The average molecular weight is 462 g/mol. The molecule has 33 heavy (non-hydrogen) atoms. The molecular formula is C23H19N5O4S. The Morgan fingerprint density at radius 1 is 0.939 bits per heavy atom. The molecule has 9 nitrogen and oxygen atoms in total. The van der Waals surface area contributed by atoms with Gasteiger partial charge in [-0.25, -0.2) is 13.4 Å². The zero-order valence-electron chi connectivity index (χ0n) is 17.2. The summed E-state index contributed by atoms with van der Waals surface area (Å²) >= 11 is 0. The van der Waals surface area contributed by atoms with Crippen molar-refractivity contribution in [1.29, 1.82) is 0 Å². The van der Waals surface area contributed by atoms with Crippen molar-refractivity contribution in [2.24, 2.45) is 10.7 Å². The van der Waals surface area contributed by atoms with Crippen molar-refractivity contribution in [3.63, 3.8) is 0 Å². The summed E-state index contributed by atoms with van der Waals surface area (Å²) in [4.78, 5) is 10.1. The Balaban J connectivity index is 1.28. The molecule has 1 unspecified atom stereocenters. The molecule has 1 aliphatic rings. The second-order valence-corrected chi connectivity index (χ2v) is 8.87. The van der Waals surface area contributed by atoms with Gasteiger partial charge in [0.25, 0.3) is 10.0 Å². The summed E-state index contributed by atoms with van der Waals surface area (Å²) in [5, 5.41) is 0. The van der Waals surface area contributed by atoms with Gasteiger partial charge in [-0.2, -0.15) is 0 Å². The van der Waals surface area contributed by atoms with Crippen LogP contribution in [-0.4, -0.2) is 19.7 Å². The highest BCUT2D eigenvalue weighted by atomic mass is 32.2. The van der Waals surface area contributed by atoms with Crippen molar-refractivity contribution in [1.82, 2.24) is 4.98 Å². The lowest BCUT2D eigenvalue weighted by molar-refractivity contribution is 0.481. The molecule has 0 radical (unpaired) electrons. The van der Waals surface area contributed by atoms with E-state index in [2.05, 4.69) is 14.7 Å². The minimum Gasteiger partial charge on any atom is -0.457 e. The molecule has 2 aromatic heterocycles. The number of ether oxygens (including phenoxy) is 1. The summed E-state index contributed by atoms with van der Waals surface area (Å²) in [5.74, 6) is 1.62. The van der Waals surface area contributed by atoms with E-state index in [0.717, 1.165) is 11.3 Å². The minimum atomic E-state index is -3.78. The Bertz CT molecular complexity index is 1390. The van der Waals surface area contributed by atoms with Gasteiger partial charge < -0.3 is 19.8 Å². The molecule has 3 heterocycles. The van der Waals surface area contributed by atoms with Gasteiger partial charge in [-0.3, -0.25) is 9.71 Å². The van der Waals surface area contributed by atoms with E-state index in [1.54, 1.807) is 84.5 Å². The molecule has 0 saturated carbocycles. The number of rotatable bonds is 6. The third-order valence-corrected chi connectivity index (χ3v) is 6.43. The van der Waals surface area contributed by atoms with Gasteiger partial charge in [0, 0.05) is 23.8 Å². The maximum Gasteiger partial charge on any atom is 0.261 e. The number of pyridine rings is 1. The van der Waals surface area contributed by atoms with Crippen molar-refractivity contribution in [2.75, 3.05) is 9.62 Å². The maximum atomic E-state index is 12.8. The first-order valence-electron chi connectivity index (χ1n) is 9.96. The predicted octanol–water partition coefficient (Wildman–Crippen LogP) is 4.41. The molecule has 0 aliphatic carbocycles. The van der Waals surface area contributed by atoms with E-state index in [1.165, 1.54) is 12.1 Å². The Morgan fingerprint density at radius 3 is 2.36 bits per heavy atom. The van der Waals surface area contributed by atoms with Crippen LogP contribution in [0.4, 0.5) is 17.3 Å². The molecule has 1 aliphatic heterocycles. The first kappa shape index (κ1) is 20.7. The molecule has 5 rings (SSSR count). The summed E-state index contributed by atoms with van der Waals surface area (Å²) < 4.78 is 39.1. The van der Waals surface area contributed by atoms with Gasteiger partial charge in [-0.1, -0.05) is 0 Å². The van der Waals surface area contributed by atoms with Crippen LogP contribution in [0, 0.1) is 0 Å². The molecule has 10 heteroatoms. The highest BCUT2D eigenvalue weighted by Gasteiger charge is 2.24. The molecule has 3 N–H and O–H groups in total. The van der Waals surface area contributed by atoms with E-state index < -0.39 is 16.2 Å². The maximum absolute atomic E-state index is 12.8. The number of fused-ring (bicyclic) bond motifs is 1. The second kappa shape index (κ2) is 8.41. The minimum absolute atomic E-state index is 0.117. The fraction of sp³-hybridized carbons (Fsp3) is 0.0435. The highest BCUT2D eigenvalue weighted by molar-refractivity contribution is 7.92. The highest BCUT2D eigenvalue weighted by Crippen LogP contribution is 2.34. The van der Waals surface area contributed by atoms with Gasteiger partial charge >= 0.3 is 0 Å².